The highest BCUT2D eigenvalue weighted by atomic mass is 16.6. The van der Waals surface area contributed by atoms with E-state index in [0.29, 0.717) is 5.92 Å². The molecule has 2 atom stereocenters. The minimum Gasteiger partial charge on any atom is -0.466 e. The fourth-order valence-electron chi connectivity index (χ4n) is 5.06. The smallest absolute Gasteiger partial charge is 0.410 e. The van der Waals surface area contributed by atoms with E-state index in [1.807, 2.05) is 39.0 Å². The fourth-order valence-corrected chi connectivity index (χ4v) is 5.06. The summed E-state index contributed by atoms with van der Waals surface area (Å²) in [5, 5.41) is 0. The van der Waals surface area contributed by atoms with E-state index in [1.165, 1.54) is 24.3 Å². The van der Waals surface area contributed by atoms with Crippen LogP contribution < -0.4 is 0 Å². The molecule has 0 spiro atoms. The molecule has 192 valence electrons. The summed E-state index contributed by atoms with van der Waals surface area (Å²) >= 11 is 0. The summed E-state index contributed by atoms with van der Waals surface area (Å²) in [5.41, 5.74) is 2.97. The lowest BCUT2D eigenvalue weighted by Crippen LogP contribution is -2.50. The number of likely N-dealkylation sites (tertiary alicyclic amines) is 1. The molecule has 0 unspecified atom stereocenters. The lowest BCUT2D eigenvalue weighted by atomic mass is 10.0. The highest BCUT2D eigenvalue weighted by molar-refractivity contribution is 5.86. The number of carbonyl (C=O) groups is 2. The number of nitrogens with zero attached hydrogens (tertiary/aromatic N) is 2. The van der Waals surface area contributed by atoms with Gasteiger partial charge in [-0.15, -0.1) is 0 Å². The molecular formula is C30H38N2O4. The highest BCUT2D eigenvalue weighted by Crippen LogP contribution is 2.46. The summed E-state index contributed by atoms with van der Waals surface area (Å²) in [7, 11) is 1.38. The molecule has 2 fully saturated rings. The number of rotatable bonds is 7. The van der Waals surface area contributed by atoms with Gasteiger partial charge in [-0.25, -0.2) is 9.59 Å². The van der Waals surface area contributed by atoms with Crippen molar-refractivity contribution < 1.29 is 19.1 Å². The lowest BCUT2D eigenvalue weighted by Gasteiger charge is -2.39. The molecule has 4 rings (SSSR count). The first-order valence-corrected chi connectivity index (χ1v) is 12.9. The zero-order valence-corrected chi connectivity index (χ0v) is 21.9. The van der Waals surface area contributed by atoms with E-state index >= 15 is 0 Å². The molecule has 1 amide bonds. The van der Waals surface area contributed by atoms with Crippen molar-refractivity contribution in [1.82, 2.24) is 9.80 Å². The zero-order valence-electron chi connectivity index (χ0n) is 21.9. The number of hydrogen-bond donors (Lipinski definition) is 0. The molecule has 0 aromatic heterocycles. The molecule has 1 aliphatic carbocycles. The largest absolute Gasteiger partial charge is 0.466 e. The molecule has 0 N–H and O–H groups in total. The van der Waals surface area contributed by atoms with Crippen LogP contribution in [0.15, 0.2) is 60.7 Å². The van der Waals surface area contributed by atoms with Crippen LogP contribution in [0.1, 0.15) is 62.6 Å². The van der Waals surface area contributed by atoms with Crippen molar-refractivity contribution in [2.24, 2.45) is 0 Å². The van der Waals surface area contributed by atoms with Crippen molar-refractivity contribution in [3.8, 4) is 0 Å². The second kappa shape index (κ2) is 11.3. The summed E-state index contributed by atoms with van der Waals surface area (Å²) < 4.78 is 10.5. The van der Waals surface area contributed by atoms with E-state index in [0.717, 1.165) is 44.5 Å². The third-order valence-electron chi connectivity index (χ3n) is 6.87. The topological polar surface area (TPSA) is 59.1 Å². The van der Waals surface area contributed by atoms with Gasteiger partial charge >= 0.3 is 12.1 Å². The average Bonchev–Trinajstić information content (AvgIpc) is 3.64. The minimum absolute atomic E-state index is 0.184. The molecule has 0 radical (unpaired) electrons. The first-order valence-electron chi connectivity index (χ1n) is 12.9. The van der Waals surface area contributed by atoms with Gasteiger partial charge in [0.15, 0.2) is 0 Å². The predicted molar refractivity (Wildman–Crippen MR) is 141 cm³/mol. The SMILES string of the molecule is COC(=O)/C=C/c1cccc(CN2CCC(N(C(=O)OC(C)(C)C)[C@@H]3C[C@H]3c3ccccc3)CC2)c1. The normalized spacial score (nSPS) is 20.8. The summed E-state index contributed by atoms with van der Waals surface area (Å²) in [4.78, 5) is 29.2. The van der Waals surface area contributed by atoms with Crippen molar-refractivity contribution in [2.45, 2.75) is 70.2 Å². The van der Waals surface area contributed by atoms with Crippen LogP contribution in [0.4, 0.5) is 4.79 Å². The molecule has 1 saturated heterocycles. The maximum Gasteiger partial charge on any atom is 0.410 e. The Morgan fingerprint density at radius 3 is 2.44 bits per heavy atom. The molecule has 2 aromatic carbocycles. The van der Waals surface area contributed by atoms with Gasteiger partial charge in [0.05, 0.1) is 7.11 Å². The van der Waals surface area contributed by atoms with Gasteiger partial charge < -0.3 is 14.4 Å². The molecule has 6 nitrogen and oxygen atoms in total. The molecule has 2 aliphatic rings. The molecule has 1 aliphatic heterocycles. The van der Waals surface area contributed by atoms with E-state index in [4.69, 9.17) is 4.74 Å². The number of piperidine rings is 1. The number of ether oxygens (including phenoxy) is 2. The van der Waals surface area contributed by atoms with Gasteiger partial charge in [0.2, 0.25) is 0 Å². The van der Waals surface area contributed by atoms with Crippen LogP contribution in [0.2, 0.25) is 0 Å². The molecule has 6 heteroatoms. The van der Waals surface area contributed by atoms with Crippen LogP contribution in [-0.4, -0.2) is 59.7 Å². The zero-order chi connectivity index (χ0) is 25.7. The number of hydrogen-bond acceptors (Lipinski definition) is 5. The number of benzene rings is 2. The maximum absolute atomic E-state index is 13.3. The van der Waals surface area contributed by atoms with Gasteiger partial charge in [-0.3, -0.25) is 4.90 Å². The van der Waals surface area contributed by atoms with E-state index < -0.39 is 5.60 Å². The Morgan fingerprint density at radius 1 is 1.06 bits per heavy atom. The van der Waals surface area contributed by atoms with Crippen LogP contribution in [-0.2, 0) is 20.8 Å². The van der Waals surface area contributed by atoms with Crippen molar-refractivity contribution in [2.75, 3.05) is 20.2 Å². The van der Waals surface area contributed by atoms with Crippen molar-refractivity contribution in [3.63, 3.8) is 0 Å². The van der Waals surface area contributed by atoms with Gasteiger partial charge in [-0.05, 0) is 62.8 Å². The Balaban J connectivity index is 1.39. The van der Waals surface area contributed by atoms with Crippen molar-refractivity contribution in [3.05, 3.63) is 77.4 Å². The second-order valence-electron chi connectivity index (χ2n) is 10.8. The highest BCUT2D eigenvalue weighted by Gasteiger charge is 2.48. The molecule has 1 saturated carbocycles. The van der Waals surface area contributed by atoms with Gasteiger partial charge in [-0.2, -0.15) is 0 Å². The van der Waals surface area contributed by atoms with Crippen LogP contribution in [0, 0.1) is 0 Å². The average molecular weight is 491 g/mol. The Bertz CT molecular complexity index is 1070. The van der Waals surface area contributed by atoms with Crippen LogP contribution in [0.25, 0.3) is 6.08 Å². The number of carbonyl (C=O) groups excluding carboxylic acids is 2. The first kappa shape index (κ1) is 26.0. The summed E-state index contributed by atoms with van der Waals surface area (Å²) in [6, 6.07) is 19.1. The predicted octanol–water partition coefficient (Wildman–Crippen LogP) is 5.63. The van der Waals surface area contributed by atoms with Crippen molar-refractivity contribution in [1.29, 1.82) is 0 Å². The maximum atomic E-state index is 13.3. The van der Waals surface area contributed by atoms with Crippen LogP contribution in [0.5, 0.6) is 0 Å². The number of esters is 1. The quantitative estimate of drug-likeness (QED) is 0.372. The van der Waals surface area contributed by atoms with E-state index in [9.17, 15) is 9.59 Å². The minimum atomic E-state index is -0.513. The Labute approximate surface area is 214 Å². The van der Waals surface area contributed by atoms with Crippen LogP contribution in [0.3, 0.4) is 0 Å². The van der Waals surface area contributed by atoms with Crippen LogP contribution >= 0.6 is 0 Å². The second-order valence-corrected chi connectivity index (χ2v) is 10.8. The Morgan fingerprint density at radius 2 is 1.78 bits per heavy atom. The lowest BCUT2D eigenvalue weighted by molar-refractivity contribution is -0.134. The number of amides is 1. The standard InChI is InChI=1S/C30H38N2O4/c1-30(2,3)36-29(34)32(27-20-26(27)24-11-6-5-7-12-24)25-15-17-31(18-16-25)21-23-10-8-9-22(19-23)13-14-28(33)35-4/h5-14,19,25-27H,15-18,20-21H2,1-4H3/b14-13+/t26-,27+/m0/s1. The first-order chi connectivity index (χ1) is 17.2. The van der Waals surface area contributed by atoms with Gasteiger partial charge in [-0.1, -0.05) is 54.6 Å². The van der Waals surface area contributed by atoms with Gasteiger partial charge in [0.25, 0.3) is 0 Å². The third kappa shape index (κ3) is 6.97. The Kier molecular flexibility index (Phi) is 8.14. The number of methoxy groups -OCH3 is 1. The molecule has 0 bridgehead atoms. The summed E-state index contributed by atoms with van der Waals surface area (Å²) in [6.07, 6.45) is 5.89. The van der Waals surface area contributed by atoms with Gasteiger partial charge in [0.1, 0.15) is 5.60 Å². The summed E-state index contributed by atoms with van der Waals surface area (Å²) in [5.74, 6) is 0.0275. The molecule has 1 heterocycles. The van der Waals surface area contributed by atoms with E-state index in [-0.39, 0.29) is 24.1 Å². The molecule has 36 heavy (non-hydrogen) atoms. The van der Waals surface area contributed by atoms with Crippen molar-refractivity contribution >= 4 is 18.1 Å². The molecule has 2 aromatic rings. The monoisotopic (exact) mass is 490 g/mol. The fraction of sp³-hybridized carbons (Fsp3) is 0.467. The Hall–Kier alpha value is -3.12. The van der Waals surface area contributed by atoms with Gasteiger partial charge in [0, 0.05) is 43.7 Å². The summed E-state index contributed by atoms with van der Waals surface area (Å²) in [6.45, 7) is 8.49. The van der Waals surface area contributed by atoms with E-state index in [2.05, 4.69) is 50.9 Å². The van der Waals surface area contributed by atoms with E-state index in [1.54, 1.807) is 6.08 Å². The molecular weight excluding hydrogens is 452 g/mol. The third-order valence-corrected chi connectivity index (χ3v) is 6.87.